The zero-order chi connectivity index (χ0) is 14.1. The Labute approximate surface area is 119 Å². The highest BCUT2D eigenvalue weighted by Crippen LogP contribution is 2.15. The fraction of sp³-hybridized carbons (Fsp3) is 0.647. The van der Waals surface area contributed by atoms with Gasteiger partial charge in [0.25, 0.3) is 0 Å². The van der Waals surface area contributed by atoms with Crippen molar-refractivity contribution in [1.82, 2.24) is 10.2 Å². The van der Waals surface area contributed by atoms with Crippen molar-refractivity contribution in [3.8, 4) is 0 Å². The molecule has 0 aromatic heterocycles. The maximum Gasteiger partial charge on any atom is 0.0449 e. The molecular weight excluding hydrogens is 232 g/mol. The van der Waals surface area contributed by atoms with Gasteiger partial charge in [0.15, 0.2) is 0 Å². The Kier molecular flexibility index (Phi) is 7.76. The molecule has 2 heteroatoms. The summed E-state index contributed by atoms with van der Waals surface area (Å²) in [4.78, 5) is 2.53. The minimum atomic E-state index is 0.451. The Bertz CT molecular complexity index is 332. The zero-order valence-electron chi connectivity index (χ0n) is 13.1. The van der Waals surface area contributed by atoms with Crippen LogP contribution in [0.25, 0.3) is 0 Å². The summed E-state index contributed by atoms with van der Waals surface area (Å²) in [6.07, 6.45) is 2.41. The molecule has 108 valence electrons. The predicted octanol–water partition coefficient (Wildman–Crippen LogP) is 3.77. The molecule has 1 N–H and O–H groups in total. The van der Waals surface area contributed by atoms with E-state index in [0.717, 1.165) is 19.6 Å². The molecule has 0 saturated heterocycles. The van der Waals surface area contributed by atoms with Gasteiger partial charge in [0, 0.05) is 12.6 Å². The van der Waals surface area contributed by atoms with Gasteiger partial charge in [-0.2, -0.15) is 0 Å². The molecule has 1 atom stereocenters. The first kappa shape index (κ1) is 16.2. The molecule has 0 saturated carbocycles. The van der Waals surface area contributed by atoms with Crippen LogP contribution in [-0.4, -0.2) is 31.1 Å². The second-order valence-electron chi connectivity index (χ2n) is 5.31. The van der Waals surface area contributed by atoms with Crippen molar-refractivity contribution in [2.75, 3.05) is 26.2 Å². The quantitative estimate of drug-likeness (QED) is 0.729. The van der Waals surface area contributed by atoms with Crippen LogP contribution >= 0.6 is 0 Å². The van der Waals surface area contributed by atoms with Gasteiger partial charge in [-0.15, -0.1) is 0 Å². The summed E-state index contributed by atoms with van der Waals surface area (Å²) >= 11 is 0. The topological polar surface area (TPSA) is 15.3 Å². The number of rotatable bonds is 9. The molecule has 0 radical (unpaired) electrons. The van der Waals surface area contributed by atoms with E-state index in [9.17, 15) is 0 Å². The lowest BCUT2D eigenvalue weighted by Crippen LogP contribution is -2.36. The summed E-state index contributed by atoms with van der Waals surface area (Å²) in [6, 6.07) is 9.41. The van der Waals surface area contributed by atoms with Gasteiger partial charge in [0.2, 0.25) is 0 Å². The van der Waals surface area contributed by atoms with Crippen molar-refractivity contribution >= 4 is 0 Å². The average molecular weight is 262 g/mol. The first-order valence-corrected chi connectivity index (χ1v) is 7.73. The minimum absolute atomic E-state index is 0.451. The van der Waals surface area contributed by atoms with Crippen molar-refractivity contribution in [2.24, 2.45) is 0 Å². The van der Waals surface area contributed by atoms with E-state index in [1.165, 1.54) is 30.5 Å². The van der Waals surface area contributed by atoms with Crippen LogP contribution in [0.1, 0.15) is 50.8 Å². The number of aryl methyl sites for hydroxylation is 1. The third kappa shape index (κ3) is 5.75. The molecule has 2 nitrogen and oxygen atoms in total. The van der Waals surface area contributed by atoms with E-state index in [1.54, 1.807) is 0 Å². The predicted molar refractivity (Wildman–Crippen MR) is 84.6 cm³/mol. The highest BCUT2D eigenvalue weighted by atomic mass is 15.1. The maximum absolute atomic E-state index is 3.69. The van der Waals surface area contributed by atoms with Crippen molar-refractivity contribution < 1.29 is 0 Å². The third-order valence-corrected chi connectivity index (χ3v) is 3.55. The van der Waals surface area contributed by atoms with Crippen LogP contribution in [0.5, 0.6) is 0 Å². The fourth-order valence-electron chi connectivity index (χ4n) is 2.36. The lowest BCUT2D eigenvalue weighted by molar-refractivity contribution is 0.254. The maximum atomic E-state index is 3.69. The standard InChI is InChI=1S/C17H30N2/c1-5-12-18-17(14-19(7-3)13-6-2)16-10-8-15(4)9-11-16/h8-11,17-18H,5-7,12-14H2,1-4H3. The number of likely N-dealkylation sites (N-methyl/N-ethyl adjacent to an activating group) is 1. The van der Waals surface area contributed by atoms with Crippen molar-refractivity contribution in [3.63, 3.8) is 0 Å². The molecule has 1 aromatic carbocycles. The molecule has 0 heterocycles. The number of benzene rings is 1. The second-order valence-corrected chi connectivity index (χ2v) is 5.31. The molecule has 0 aliphatic rings. The molecule has 1 aromatic rings. The monoisotopic (exact) mass is 262 g/mol. The Morgan fingerprint density at radius 3 is 2.26 bits per heavy atom. The van der Waals surface area contributed by atoms with E-state index < -0.39 is 0 Å². The smallest absolute Gasteiger partial charge is 0.0449 e. The van der Waals surface area contributed by atoms with E-state index in [0.29, 0.717) is 6.04 Å². The van der Waals surface area contributed by atoms with Crippen LogP contribution < -0.4 is 5.32 Å². The number of hydrogen-bond donors (Lipinski definition) is 1. The van der Waals surface area contributed by atoms with Crippen molar-refractivity contribution in [2.45, 2.75) is 46.6 Å². The van der Waals surface area contributed by atoms with Gasteiger partial charge in [-0.05, 0) is 45.0 Å². The minimum Gasteiger partial charge on any atom is -0.309 e. The van der Waals surface area contributed by atoms with Crippen LogP contribution in [-0.2, 0) is 0 Å². The van der Waals surface area contributed by atoms with Gasteiger partial charge < -0.3 is 10.2 Å². The van der Waals surface area contributed by atoms with E-state index in [-0.39, 0.29) is 0 Å². The fourth-order valence-corrected chi connectivity index (χ4v) is 2.36. The highest BCUT2D eigenvalue weighted by Gasteiger charge is 2.14. The van der Waals surface area contributed by atoms with Crippen molar-refractivity contribution in [1.29, 1.82) is 0 Å². The molecule has 1 unspecified atom stereocenters. The van der Waals surface area contributed by atoms with Gasteiger partial charge in [-0.3, -0.25) is 0 Å². The lowest BCUT2D eigenvalue weighted by atomic mass is 10.0. The number of hydrogen-bond acceptors (Lipinski definition) is 2. The Balaban J connectivity index is 2.72. The molecule has 0 aliphatic carbocycles. The van der Waals surface area contributed by atoms with Gasteiger partial charge in [0.05, 0.1) is 0 Å². The molecule has 0 amide bonds. The molecular formula is C17H30N2. The van der Waals surface area contributed by atoms with Crippen LogP contribution in [0.3, 0.4) is 0 Å². The SMILES string of the molecule is CCCNC(CN(CC)CCC)c1ccc(C)cc1. The van der Waals surface area contributed by atoms with Gasteiger partial charge in [-0.1, -0.05) is 50.6 Å². The summed E-state index contributed by atoms with van der Waals surface area (Å²) in [6.45, 7) is 13.4. The van der Waals surface area contributed by atoms with Gasteiger partial charge in [0.1, 0.15) is 0 Å². The second kappa shape index (κ2) is 9.11. The summed E-state index contributed by atoms with van der Waals surface area (Å²) in [5.41, 5.74) is 2.74. The Morgan fingerprint density at radius 1 is 1.05 bits per heavy atom. The Morgan fingerprint density at radius 2 is 1.74 bits per heavy atom. The van der Waals surface area contributed by atoms with Crippen LogP contribution in [0, 0.1) is 6.92 Å². The molecule has 0 aliphatic heterocycles. The van der Waals surface area contributed by atoms with Crippen LogP contribution in [0.15, 0.2) is 24.3 Å². The zero-order valence-corrected chi connectivity index (χ0v) is 13.1. The molecule has 19 heavy (non-hydrogen) atoms. The summed E-state index contributed by atoms with van der Waals surface area (Å²) in [7, 11) is 0. The van der Waals surface area contributed by atoms with Crippen LogP contribution in [0.4, 0.5) is 0 Å². The Hall–Kier alpha value is -0.860. The number of nitrogens with zero attached hydrogens (tertiary/aromatic N) is 1. The third-order valence-electron chi connectivity index (χ3n) is 3.55. The first-order valence-electron chi connectivity index (χ1n) is 7.73. The molecule has 0 spiro atoms. The van der Waals surface area contributed by atoms with E-state index in [4.69, 9.17) is 0 Å². The highest BCUT2D eigenvalue weighted by molar-refractivity contribution is 5.24. The van der Waals surface area contributed by atoms with E-state index in [1.807, 2.05) is 0 Å². The van der Waals surface area contributed by atoms with E-state index in [2.05, 4.69) is 62.2 Å². The van der Waals surface area contributed by atoms with Gasteiger partial charge in [-0.25, -0.2) is 0 Å². The van der Waals surface area contributed by atoms with Crippen LogP contribution in [0.2, 0.25) is 0 Å². The van der Waals surface area contributed by atoms with Crippen molar-refractivity contribution in [3.05, 3.63) is 35.4 Å². The number of nitrogens with one attached hydrogen (secondary N) is 1. The van der Waals surface area contributed by atoms with E-state index >= 15 is 0 Å². The summed E-state index contributed by atoms with van der Waals surface area (Å²) in [5, 5.41) is 3.69. The van der Waals surface area contributed by atoms with Gasteiger partial charge >= 0.3 is 0 Å². The lowest BCUT2D eigenvalue weighted by Gasteiger charge is -2.27. The summed E-state index contributed by atoms with van der Waals surface area (Å²) < 4.78 is 0. The largest absolute Gasteiger partial charge is 0.309 e. The average Bonchev–Trinajstić information content (AvgIpc) is 2.43. The summed E-state index contributed by atoms with van der Waals surface area (Å²) in [5.74, 6) is 0. The molecule has 0 fully saturated rings. The molecule has 1 rings (SSSR count). The molecule has 0 bridgehead atoms. The normalized spacial score (nSPS) is 12.9. The first-order chi connectivity index (χ1) is 9.21.